The number of hydrogen-bond acceptors (Lipinski definition) is 28. The van der Waals surface area contributed by atoms with E-state index in [1.54, 1.807) is 154 Å². The lowest BCUT2D eigenvalue weighted by atomic mass is 10.0. The van der Waals surface area contributed by atoms with Gasteiger partial charge in [0.15, 0.2) is 0 Å². The number of anilines is 9. The Morgan fingerprint density at radius 1 is 0.253 bits per heavy atom. The molecule has 18 N–H and O–H groups in total. The zero-order chi connectivity index (χ0) is 108. The second kappa shape index (κ2) is 51.8. The first-order valence-electron chi connectivity index (χ1n) is 44.3. The molecule has 10 aromatic heterocycles. The van der Waals surface area contributed by atoms with Crippen molar-refractivity contribution >= 4 is 122 Å². The van der Waals surface area contributed by atoms with Crippen molar-refractivity contribution in [3.63, 3.8) is 0 Å². The van der Waals surface area contributed by atoms with Gasteiger partial charge in [0.2, 0.25) is 0 Å². The van der Waals surface area contributed by atoms with Gasteiger partial charge in [-0.15, -0.1) is 6.42 Å². The molecule has 754 valence electrons. The normalized spacial score (nSPS) is 10.3. The van der Waals surface area contributed by atoms with Gasteiger partial charge in [0.25, 0.3) is 0 Å². The monoisotopic (exact) mass is 2120 g/mol. The number of aromatic nitrogens is 19. The molecule has 0 bridgehead atoms. The number of para-hydroxylation sites is 3. The number of nitrogen functional groups attached to an aromatic ring is 9. The Morgan fingerprint density at radius 3 is 0.927 bits per heavy atom. The number of halogens is 6. The molecule has 0 aliphatic carbocycles. The minimum absolute atomic E-state index is 0.00997. The number of aryl methyl sites for hydroxylation is 4. The van der Waals surface area contributed by atoms with Crippen LogP contribution in [0.15, 0.2) is 403 Å². The van der Waals surface area contributed by atoms with Crippen LogP contribution in [0.4, 0.5) is 52.4 Å². The van der Waals surface area contributed by atoms with Crippen molar-refractivity contribution in [3.8, 4) is 85.8 Å². The highest BCUT2D eigenvalue weighted by Crippen LogP contribution is 2.30. The quantitative estimate of drug-likeness (QED) is 0.0543. The molecule has 0 amide bonds. The molecule has 10 aromatic carbocycles. The van der Waals surface area contributed by atoms with Gasteiger partial charge in [-0.3, -0.25) is 46.1 Å². The molecule has 0 atom stereocenters. The van der Waals surface area contributed by atoms with E-state index in [-0.39, 0.29) is 84.5 Å². The number of nitrogens with two attached hydrogens (primary N) is 9. The molecule has 0 radical (unpaired) electrons. The Bertz CT molecular complexity index is 8740. The molecular formula is C107H90Cl6N28O9. The molecule has 10 heterocycles. The number of hydrogen-bond donors (Lipinski definition) is 9. The largest absolute Gasteiger partial charge is 0.383 e. The van der Waals surface area contributed by atoms with Gasteiger partial charge in [-0.25, -0.2) is 43.2 Å². The van der Waals surface area contributed by atoms with Crippen molar-refractivity contribution < 1.29 is 0 Å². The number of terminal acetylenes is 1. The maximum Gasteiger partial charge on any atom is 0.354 e. The van der Waals surface area contributed by atoms with Crippen LogP contribution in [0.25, 0.3) is 73.4 Å². The summed E-state index contributed by atoms with van der Waals surface area (Å²) in [5.41, 5.74) is 60.0. The third kappa shape index (κ3) is 29.8. The van der Waals surface area contributed by atoms with Crippen molar-refractivity contribution in [3.05, 3.63) is 512 Å². The van der Waals surface area contributed by atoms with E-state index in [1.165, 1.54) is 72.1 Å². The molecule has 20 rings (SSSR count). The predicted octanol–water partition coefficient (Wildman–Crippen LogP) is 15.2. The summed E-state index contributed by atoms with van der Waals surface area (Å²) >= 11 is 35.1. The van der Waals surface area contributed by atoms with E-state index in [0.29, 0.717) is 54.8 Å². The molecular weight excluding hydrogens is 2030 g/mol. The topological polar surface area (TPSA) is 561 Å². The maximum absolute atomic E-state index is 12.1. The number of nitrogens with zero attached hydrogens (tertiary/aromatic N) is 19. The zero-order valence-electron chi connectivity index (χ0n) is 79.8. The first kappa shape index (κ1) is 110. The fraction of sp³-hybridized carbons (Fsp3) is 0.0374. The van der Waals surface area contributed by atoms with Crippen molar-refractivity contribution in [1.82, 2.24) is 90.9 Å². The van der Waals surface area contributed by atoms with Crippen LogP contribution in [0.1, 0.15) is 27.8 Å². The molecule has 0 aliphatic rings. The molecule has 0 fully saturated rings. The smallest absolute Gasteiger partial charge is 0.354 e. The number of rotatable bonds is 11. The van der Waals surface area contributed by atoms with Gasteiger partial charge in [-0.1, -0.05) is 238 Å². The van der Waals surface area contributed by atoms with E-state index < -0.39 is 34.1 Å². The van der Waals surface area contributed by atoms with Crippen molar-refractivity contribution in [2.75, 3.05) is 51.6 Å². The Morgan fingerprint density at radius 2 is 0.540 bits per heavy atom. The number of benzene rings is 10. The summed E-state index contributed by atoms with van der Waals surface area (Å²) < 4.78 is 12.6. The van der Waals surface area contributed by atoms with E-state index in [4.69, 9.17) is 128 Å². The van der Waals surface area contributed by atoms with Gasteiger partial charge in [-0.05, 0) is 178 Å². The minimum Gasteiger partial charge on any atom is -0.383 e. The lowest BCUT2D eigenvalue weighted by Gasteiger charge is -2.12. The Kier molecular flexibility index (Phi) is 37.9. The fourth-order valence-electron chi connectivity index (χ4n) is 13.4. The molecule has 0 saturated carbocycles. The standard InChI is InChI=1S/C16H12ClN3O.C16H13N3O.C11H7ClN4O.3C11H10ClN3O.C11H11N3O.C10H8ClN3O.C10H9N3O/c17-13-10-20(16(21)19-15(13)18)14-9-5-4-8-12(14)11-6-2-1-3-7-11;17-15-10-11-19(16(20)18-15)14-9-5-4-8-13(14)12-6-2-1-3-7-12;1-2-7-5-14-4-3-9(7)16-6-8(12)10(13)15-11(16)17;1-7-6-15(11(16)14-10(7)13)9-4-2-8(12)3-5-9;1-7-2-4-8(5-3-7)15-6-9(12)10(13)14-11(15)16;1-7-6-15(11(16)14-10(7)13)9-4-2-3-8(12)5-9;1-8-2-4-9(5-3-8)14-7-6-10(12)13-11(14)15;11-7-2-1-3-8(6-7)14-5-4-9(12)13-10(14)15;11-9-6-7-13(10(14)12-9)8-4-2-1-3-5-8/h1-10H,(H2,18,19,21);1-11H,(H2,17,18,20);1,3-6H,(H2,13,15,17);3*2-6H,1H3,(H2,13,14,16);2-7H,1H3,(H2,12,13,15);1-6H,(H2,12,13,15);1-7H,(H2,11,12,14). The fourth-order valence-corrected chi connectivity index (χ4v) is 14.4. The van der Waals surface area contributed by atoms with Crippen molar-refractivity contribution in [1.29, 1.82) is 0 Å². The first-order valence-corrected chi connectivity index (χ1v) is 46.6. The molecule has 150 heavy (non-hydrogen) atoms. The van der Waals surface area contributed by atoms with Crippen LogP contribution in [0, 0.1) is 40.0 Å². The Balaban J connectivity index is 0.000000150. The molecule has 37 nitrogen and oxygen atoms in total. The second-order valence-electron chi connectivity index (χ2n) is 31.6. The summed E-state index contributed by atoms with van der Waals surface area (Å²) in [7, 11) is 0. The highest BCUT2D eigenvalue weighted by atomic mass is 35.5. The van der Waals surface area contributed by atoms with Crippen LogP contribution < -0.4 is 103 Å². The van der Waals surface area contributed by atoms with Crippen LogP contribution in [0.2, 0.25) is 30.1 Å². The van der Waals surface area contributed by atoms with E-state index in [0.717, 1.165) is 61.6 Å². The average Bonchev–Trinajstić information content (AvgIpc) is 0.790. The summed E-state index contributed by atoms with van der Waals surface area (Å²) in [6, 6.07) is 88.2. The van der Waals surface area contributed by atoms with Crippen LogP contribution in [0.3, 0.4) is 0 Å². The lowest BCUT2D eigenvalue weighted by molar-refractivity contribution is 0.906. The van der Waals surface area contributed by atoms with E-state index in [2.05, 4.69) is 55.8 Å². The van der Waals surface area contributed by atoms with Crippen LogP contribution in [0.5, 0.6) is 0 Å². The van der Waals surface area contributed by atoms with E-state index in [9.17, 15) is 43.2 Å². The second-order valence-corrected chi connectivity index (χ2v) is 34.1. The summed E-state index contributed by atoms with van der Waals surface area (Å²) in [6.45, 7) is 7.56. The summed E-state index contributed by atoms with van der Waals surface area (Å²) in [5.74, 6) is 3.93. The molecule has 0 saturated heterocycles. The molecule has 43 heteroatoms. The average molecular weight is 2120 g/mol. The zero-order valence-corrected chi connectivity index (χ0v) is 84.3. The molecule has 0 unspecified atom stereocenters. The Labute approximate surface area is 883 Å². The minimum atomic E-state index is -0.547. The van der Waals surface area contributed by atoms with Crippen LogP contribution >= 0.6 is 69.6 Å². The van der Waals surface area contributed by atoms with Gasteiger partial charge in [0.05, 0.1) is 71.8 Å². The van der Waals surface area contributed by atoms with E-state index in [1.807, 2.05) is 202 Å². The molecule has 0 aliphatic heterocycles. The van der Waals surface area contributed by atoms with Gasteiger partial charge in [0.1, 0.15) is 52.4 Å². The lowest BCUT2D eigenvalue weighted by Crippen LogP contribution is -2.22. The third-order valence-electron chi connectivity index (χ3n) is 21.0. The highest BCUT2D eigenvalue weighted by Gasteiger charge is 2.17. The Hall–Kier alpha value is -19.2. The summed E-state index contributed by atoms with van der Waals surface area (Å²) in [5, 5.41) is 2.45. The predicted molar refractivity (Wildman–Crippen MR) is 594 cm³/mol. The van der Waals surface area contributed by atoms with Crippen molar-refractivity contribution in [2.45, 2.75) is 27.7 Å². The molecule has 20 aromatic rings. The molecule has 0 spiro atoms. The van der Waals surface area contributed by atoms with Gasteiger partial charge in [-0.2, -0.15) is 44.9 Å². The van der Waals surface area contributed by atoms with E-state index >= 15 is 0 Å². The van der Waals surface area contributed by atoms with Gasteiger partial charge < -0.3 is 51.6 Å². The third-order valence-corrected chi connectivity index (χ3v) is 22.6. The van der Waals surface area contributed by atoms with Gasteiger partial charge >= 0.3 is 51.2 Å². The summed E-state index contributed by atoms with van der Waals surface area (Å²) in [4.78, 5) is 142. The first-order chi connectivity index (χ1) is 71.9. The van der Waals surface area contributed by atoms with Crippen LogP contribution in [-0.2, 0) is 0 Å². The number of pyridine rings is 1. The highest BCUT2D eigenvalue weighted by molar-refractivity contribution is 6.33. The van der Waals surface area contributed by atoms with Crippen LogP contribution in [-0.4, -0.2) is 90.9 Å². The maximum atomic E-state index is 12.1. The van der Waals surface area contributed by atoms with Gasteiger partial charge in [0, 0.05) is 105 Å². The summed E-state index contributed by atoms with van der Waals surface area (Å²) in [6.07, 6.45) is 22.4. The SMILES string of the molecule is C#Cc1cnccc1-n1cc(Cl)c(N)nc1=O.Cc1ccc(-n2cc(Cl)c(N)nc2=O)cc1.Cc1ccc(-n2ccc(N)nc2=O)cc1.Cc1cn(-c2ccc(Cl)cc2)c(=O)nc1N.Cc1cn(-c2cccc(Cl)c2)c(=O)nc1N.Nc1ccn(-c2cccc(Cl)c2)c(=O)n1.Nc1ccn(-c2ccccc2)c(=O)n1.Nc1ccn(-c2ccccc2-c2ccccc2)c(=O)n1.Nc1nc(=O)n(-c2ccccc2-c2ccccc2)cc1Cl. The van der Waals surface area contributed by atoms with Crippen molar-refractivity contribution in [2.24, 2.45) is 0 Å².